The van der Waals surface area contributed by atoms with Crippen molar-refractivity contribution in [1.29, 1.82) is 0 Å². The molecular weight excluding hydrogens is 458 g/mol. The smallest absolute Gasteiger partial charge is 0.348 e. The van der Waals surface area contributed by atoms with E-state index in [1.807, 2.05) is 67.1 Å². The van der Waals surface area contributed by atoms with Gasteiger partial charge < -0.3 is 9.64 Å². The van der Waals surface area contributed by atoms with Crippen molar-refractivity contribution >= 4 is 50.7 Å². The second-order valence-corrected chi connectivity index (χ2v) is 9.62. The lowest BCUT2D eigenvalue weighted by molar-refractivity contribution is -0.122. The van der Waals surface area contributed by atoms with Gasteiger partial charge in [-0.1, -0.05) is 48.0 Å². The predicted molar refractivity (Wildman–Crippen MR) is 130 cm³/mol. The summed E-state index contributed by atoms with van der Waals surface area (Å²) >= 11 is 7.62. The summed E-state index contributed by atoms with van der Waals surface area (Å²) in [6.07, 6.45) is 0.799. The zero-order valence-corrected chi connectivity index (χ0v) is 19.8. The highest BCUT2D eigenvalue weighted by Gasteiger charge is 2.31. The van der Waals surface area contributed by atoms with Gasteiger partial charge in [0.1, 0.15) is 9.71 Å². The number of hydrogen-bond acceptors (Lipinski definition) is 5. The van der Waals surface area contributed by atoms with Crippen LogP contribution < -0.4 is 4.90 Å². The monoisotopic (exact) mass is 479 g/mol. The Kier molecular flexibility index (Phi) is 5.68. The summed E-state index contributed by atoms with van der Waals surface area (Å²) in [6.45, 7) is 4.11. The van der Waals surface area contributed by atoms with Crippen molar-refractivity contribution in [3.05, 3.63) is 81.3 Å². The Hall–Kier alpha value is -3.16. The average molecular weight is 480 g/mol. The number of aromatic nitrogens is 2. The molecule has 5 rings (SSSR count). The second-order valence-electron chi connectivity index (χ2n) is 8.19. The first-order valence-electron chi connectivity index (χ1n) is 10.7. The third kappa shape index (κ3) is 4.03. The minimum atomic E-state index is -0.506. The zero-order valence-electron chi connectivity index (χ0n) is 18.2. The Balaban J connectivity index is 1.31. The summed E-state index contributed by atoms with van der Waals surface area (Å²) in [5.41, 5.74) is 3.80. The van der Waals surface area contributed by atoms with Gasteiger partial charge in [-0.05, 0) is 49.6 Å². The average Bonchev–Trinajstić information content (AvgIpc) is 3.46. The SMILES string of the molecule is Cc1nn(Cc2ccccc2Cl)c2sc(C(=O)OCC(=O)N3c4ccccc4C[C@H]3C)cc12. The molecule has 0 aliphatic carbocycles. The summed E-state index contributed by atoms with van der Waals surface area (Å²) < 4.78 is 7.26. The van der Waals surface area contributed by atoms with Crippen LogP contribution in [0.15, 0.2) is 54.6 Å². The van der Waals surface area contributed by atoms with Crippen LogP contribution in [-0.2, 0) is 22.5 Å². The van der Waals surface area contributed by atoms with Crippen LogP contribution in [-0.4, -0.2) is 34.3 Å². The molecule has 0 bridgehead atoms. The molecule has 0 unspecified atom stereocenters. The van der Waals surface area contributed by atoms with Crippen LogP contribution >= 0.6 is 22.9 Å². The number of carbonyl (C=O) groups excluding carboxylic acids is 2. The summed E-state index contributed by atoms with van der Waals surface area (Å²) in [5, 5.41) is 6.17. The van der Waals surface area contributed by atoms with Crippen LogP contribution in [0.2, 0.25) is 5.02 Å². The number of amides is 1. The summed E-state index contributed by atoms with van der Waals surface area (Å²) in [4.78, 5) is 28.6. The maximum absolute atomic E-state index is 12.8. The number of thiophene rings is 1. The van der Waals surface area contributed by atoms with E-state index in [9.17, 15) is 9.59 Å². The van der Waals surface area contributed by atoms with E-state index in [0.29, 0.717) is 16.4 Å². The Morgan fingerprint density at radius 1 is 1.18 bits per heavy atom. The highest BCUT2D eigenvalue weighted by molar-refractivity contribution is 7.20. The molecule has 0 saturated heterocycles. The molecule has 1 aliphatic rings. The quantitative estimate of drug-likeness (QED) is 0.367. The number of nitrogens with zero attached hydrogens (tertiary/aromatic N) is 3. The Bertz CT molecular complexity index is 1380. The summed E-state index contributed by atoms with van der Waals surface area (Å²) in [7, 11) is 0. The fraction of sp³-hybridized carbons (Fsp3) is 0.240. The van der Waals surface area contributed by atoms with Crippen molar-refractivity contribution in [2.45, 2.75) is 32.9 Å². The third-order valence-corrected chi connectivity index (χ3v) is 7.39. The minimum Gasteiger partial charge on any atom is -0.451 e. The molecular formula is C25H22ClN3O3S. The van der Waals surface area contributed by atoms with Crippen LogP contribution in [0.3, 0.4) is 0 Å². The van der Waals surface area contributed by atoms with Crippen LogP contribution in [0, 0.1) is 6.92 Å². The van der Waals surface area contributed by atoms with E-state index in [2.05, 4.69) is 5.10 Å². The van der Waals surface area contributed by atoms with Crippen molar-refractivity contribution in [2.75, 3.05) is 11.5 Å². The van der Waals surface area contributed by atoms with Crippen molar-refractivity contribution in [1.82, 2.24) is 9.78 Å². The number of fused-ring (bicyclic) bond motifs is 2. The number of anilines is 1. The largest absolute Gasteiger partial charge is 0.451 e. The molecule has 3 heterocycles. The molecule has 8 heteroatoms. The molecule has 0 fully saturated rings. The fourth-order valence-corrected chi connectivity index (χ4v) is 5.57. The van der Waals surface area contributed by atoms with E-state index in [1.165, 1.54) is 11.3 Å². The molecule has 0 saturated carbocycles. The number of aryl methyl sites for hydroxylation is 1. The number of esters is 1. The van der Waals surface area contributed by atoms with Gasteiger partial charge >= 0.3 is 5.97 Å². The van der Waals surface area contributed by atoms with E-state index < -0.39 is 5.97 Å². The highest BCUT2D eigenvalue weighted by Crippen LogP contribution is 2.32. The molecule has 1 atom stereocenters. The maximum atomic E-state index is 12.8. The molecule has 168 valence electrons. The van der Waals surface area contributed by atoms with Crippen LogP contribution in [0.5, 0.6) is 0 Å². The minimum absolute atomic E-state index is 0.0383. The van der Waals surface area contributed by atoms with Crippen molar-refractivity contribution in [3.63, 3.8) is 0 Å². The zero-order chi connectivity index (χ0) is 23.1. The van der Waals surface area contributed by atoms with Crippen molar-refractivity contribution in [2.24, 2.45) is 0 Å². The summed E-state index contributed by atoms with van der Waals surface area (Å²) in [5.74, 6) is -0.726. The molecule has 4 aromatic rings. The molecule has 1 aliphatic heterocycles. The molecule has 0 N–H and O–H groups in total. The standard InChI is InChI=1S/C25H22ClN3O3S/c1-15-11-17-7-4-6-10-21(17)29(15)23(30)14-32-25(31)22-12-19-16(2)27-28(24(19)33-22)13-18-8-3-5-9-20(18)26/h3-10,12,15H,11,13-14H2,1-2H3/t15-/m1/s1. The van der Waals surface area contributed by atoms with E-state index in [4.69, 9.17) is 16.3 Å². The van der Waals surface area contributed by atoms with Gasteiger partial charge in [-0.3, -0.25) is 9.48 Å². The lowest BCUT2D eigenvalue weighted by Crippen LogP contribution is -2.38. The van der Waals surface area contributed by atoms with E-state index in [0.717, 1.165) is 39.1 Å². The predicted octanol–water partition coefficient (Wildman–Crippen LogP) is 5.24. The lowest BCUT2D eigenvalue weighted by Gasteiger charge is -2.22. The lowest BCUT2D eigenvalue weighted by atomic mass is 10.1. The van der Waals surface area contributed by atoms with Gasteiger partial charge in [-0.25, -0.2) is 4.79 Å². The van der Waals surface area contributed by atoms with Gasteiger partial charge in [0.25, 0.3) is 5.91 Å². The number of halogens is 1. The van der Waals surface area contributed by atoms with Gasteiger partial charge in [-0.15, -0.1) is 11.3 Å². The number of carbonyl (C=O) groups is 2. The number of hydrogen-bond donors (Lipinski definition) is 0. The topological polar surface area (TPSA) is 64.4 Å². The fourth-order valence-electron chi connectivity index (χ4n) is 4.32. The number of rotatable bonds is 5. The first-order valence-corrected chi connectivity index (χ1v) is 11.9. The third-order valence-electron chi connectivity index (χ3n) is 5.89. The number of ether oxygens (including phenoxy) is 1. The van der Waals surface area contributed by atoms with Gasteiger partial charge in [0.2, 0.25) is 0 Å². The molecule has 0 spiro atoms. The van der Waals surface area contributed by atoms with Crippen molar-refractivity contribution in [3.8, 4) is 0 Å². The molecule has 0 radical (unpaired) electrons. The molecule has 6 nitrogen and oxygen atoms in total. The van der Waals surface area contributed by atoms with Gasteiger partial charge in [-0.2, -0.15) is 5.10 Å². The van der Waals surface area contributed by atoms with E-state index in [-0.39, 0.29) is 18.6 Å². The molecule has 2 aromatic heterocycles. The molecule has 1 amide bonds. The van der Waals surface area contributed by atoms with Crippen molar-refractivity contribution < 1.29 is 14.3 Å². The first kappa shape index (κ1) is 21.7. The van der Waals surface area contributed by atoms with Crippen LogP contribution in [0.1, 0.15) is 33.4 Å². The van der Waals surface area contributed by atoms with Gasteiger partial charge in [0.15, 0.2) is 6.61 Å². The Morgan fingerprint density at radius 3 is 2.76 bits per heavy atom. The summed E-state index contributed by atoms with van der Waals surface area (Å²) in [6, 6.07) is 17.3. The van der Waals surface area contributed by atoms with Crippen LogP contribution in [0.4, 0.5) is 5.69 Å². The molecule has 33 heavy (non-hydrogen) atoms. The van der Waals surface area contributed by atoms with Crippen LogP contribution in [0.25, 0.3) is 10.2 Å². The number of benzene rings is 2. The molecule has 2 aromatic carbocycles. The Morgan fingerprint density at radius 2 is 1.94 bits per heavy atom. The number of para-hydroxylation sites is 1. The Labute approximate surface area is 200 Å². The van der Waals surface area contributed by atoms with E-state index in [1.54, 1.807) is 11.0 Å². The highest BCUT2D eigenvalue weighted by atomic mass is 35.5. The van der Waals surface area contributed by atoms with Gasteiger partial charge in [0.05, 0.1) is 12.2 Å². The second kappa shape index (κ2) is 8.65. The van der Waals surface area contributed by atoms with Gasteiger partial charge in [0, 0.05) is 22.1 Å². The first-order chi connectivity index (χ1) is 15.9. The van der Waals surface area contributed by atoms with E-state index >= 15 is 0 Å². The normalized spacial score (nSPS) is 15.1. The maximum Gasteiger partial charge on any atom is 0.348 e.